The summed E-state index contributed by atoms with van der Waals surface area (Å²) >= 11 is 0. The molecule has 0 aromatic carbocycles. The van der Waals surface area contributed by atoms with Crippen LogP contribution in [0.1, 0.15) is 19.3 Å². The zero-order chi connectivity index (χ0) is 10.4. The molecule has 5 nitrogen and oxygen atoms in total. The van der Waals surface area contributed by atoms with Gasteiger partial charge in [0.2, 0.25) is 0 Å². The minimum atomic E-state index is -0.746. The molecular weight excluding hydrogens is 182 g/mol. The van der Waals surface area contributed by atoms with Gasteiger partial charge in [0.1, 0.15) is 0 Å². The maximum Gasteiger partial charge on any atom is 0.304 e. The Kier molecular flexibility index (Phi) is 4.86. The van der Waals surface area contributed by atoms with Crippen LogP contribution in [0.5, 0.6) is 0 Å². The predicted octanol–water partition coefficient (Wildman–Crippen LogP) is -0.870. The molecule has 1 saturated heterocycles. The minimum absolute atomic E-state index is 0.0710. The van der Waals surface area contributed by atoms with Gasteiger partial charge < -0.3 is 21.5 Å². The maximum absolute atomic E-state index is 10.4. The maximum atomic E-state index is 10.4. The lowest BCUT2D eigenvalue weighted by atomic mass is 10.1. The van der Waals surface area contributed by atoms with Crippen LogP contribution >= 0.6 is 0 Å². The topological polar surface area (TPSA) is 87.4 Å². The number of hydrogen-bond donors (Lipinski definition) is 4. The van der Waals surface area contributed by atoms with Gasteiger partial charge in [0.15, 0.2) is 0 Å². The fourth-order valence-corrected chi connectivity index (χ4v) is 1.69. The summed E-state index contributed by atoms with van der Waals surface area (Å²) in [6.07, 6.45) is 2.27. The molecule has 5 heteroatoms. The summed E-state index contributed by atoms with van der Waals surface area (Å²) < 4.78 is 0. The number of nitrogens with one attached hydrogen (secondary N) is 2. The van der Waals surface area contributed by atoms with Gasteiger partial charge in [0, 0.05) is 25.2 Å². The third kappa shape index (κ3) is 4.04. The van der Waals surface area contributed by atoms with Gasteiger partial charge in [0.05, 0.1) is 6.42 Å². The number of carboxylic acids is 1. The standard InChI is InChI=1S/C9H19N3O2/c10-3-1-2-7-5-12-8(6-11-7)4-9(13)14/h7-8,11-12H,1-6,10H2,(H,13,14)/t7-,8-/m0/s1. The van der Waals surface area contributed by atoms with Crippen LogP contribution in [0.3, 0.4) is 0 Å². The molecule has 0 saturated carbocycles. The first kappa shape index (κ1) is 11.4. The summed E-state index contributed by atoms with van der Waals surface area (Å²) in [4.78, 5) is 10.4. The SMILES string of the molecule is NCCC[C@H]1CN[C@@H](CC(=O)O)CN1. The lowest BCUT2D eigenvalue weighted by Gasteiger charge is -2.30. The average molecular weight is 201 g/mol. The molecule has 0 amide bonds. The van der Waals surface area contributed by atoms with Crippen LogP contribution in [0.4, 0.5) is 0 Å². The van der Waals surface area contributed by atoms with Crippen LogP contribution in [0.15, 0.2) is 0 Å². The summed E-state index contributed by atoms with van der Waals surface area (Å²) in [5.74, 6) is -0.746. The van der Waals surface area contributed by atoms with Crippen LogP contribution in [-0.4, -0.2) is 42.8 Å². The highest BCUT2D eigenvalue weighted by Crippen LogP contribution is 2.02. The molecule has 1 heterocycles. The minimum Gasteiger partial charge on any atom is -0.481 e. The van der Waals surface area contributed by atoms with E-state index in [4.69, 9.17) is 10.8 Å². The molecule has 1 rings (SSSR count). The van der Waals surface area contributed by atoms with Crippen LogP contribution < -0.4 is 16.4 Å². The quantitative estimate of drug-likeness (QED) is 0.464. The van der Waals surface area contributed by atoms with Crippen molar-refractivity contribution in [1.82, 2.24) is 10.6 Å². The van der Waals surface area contributed by atoms with Crippen molar-refractivity contribution < 1.29 is 9.90 Å². The Balaban J connectivity index is 2.14. The fourth-order valence-electron chi connectivity index (χ4n) is 1.69. The Morgan fingerprint density at radius 3 is 2.50 bits per heavy atom. The Hall–Kier alpha value is -0.650. The number of rotatable bonds is 5. The van der Waals surface area contributed by atoms with E-state index >= 15 is 0 Å². The molecule has 0 aromatic heterocycles. The molecule has 1 aliphatic heterocycles. The Bertz CT molecular complexity index is 179. The zero-order valence-corrected chi connectivity index (χ0v) is 8.33. The van der Waals surface area contributed by atoms with Gasteiger partial charge in [-0.3, -0.25) is 4.79 Å². The van der Waals surface area contributed by atoms with Gasteiger partial charge in [-0.1, -0.05) is 0 Å². The molecule has 14 heavy (non-hydrogen) atoms. The molecule has 0 unspecified atom stereocenters. The molecular formula is C9H19N3O2. The Morgan fingerprint density at radius 1 is 1.36 bits per heavy atom. The molecule has 1 aliphatic rings. The number of hydrogen-bond acceptors (Lipinski definition) is 4. The van der Waals surface area contributed by atoms with Crippen LogP contribution in [0.2, 0.25) is 0 Å². The van der Waals surface area contributed by atoms with Crippen molar-refractivity contribution in [3.05, 3.63) is 0 Å². The summed E-state index contributed by atoms with van der Waals surface area (Å²) in [6.45, 7) is 2.30. The third-order valence-corrected chi connectivity index (χ3v) is 2.48. The Morgan fingerprint density at radius 2 is 2.00 bits per heavy atom. The molecule has 0 aromatic rings. The summed E-state index contributed by atoms with van der Waals surface area (Å²) in [6, 6.07) is 0.519. The highest BCUT2D eigenvalue weighted by atomic mass is 16.4. The first-order chi connectivity index (χ1) is 6.72. The van der Waals surface area contributed by atoms with Gasteiger partial charge in [-0.05, 0) is 19.4 Å². The second-order valence-corrected chi connectivity index (χ2v) is 3.74. The number of piperazine rings is 1. The number of carboxylic acid groups (broad SMARTS) is 1. The second-order valence-electron chi connectivity index (χ2n) is 3.74. The molecule has 0 bridgehead atoms. The fraction of sp³-hybridized carbons (Fsp3) is 0.889. The normalized spacial score (nSPS) is 27.5. The van der Waals surface area contributed by atoms with Gasteiger partial charge >= 0.3 is 5.97 Å². The van der Waals surface area contributed by atoms with E-state index in [2.05, 4.69) is 10.6 Å². The van der Waals surface area contributed by atoms with E-state index in [0.717, 1.165) is 32.5 Å². The van der Waals surface area contributed by atoms with E-state index < -0.39 is 5.97 Å². The predicted molar refractivity (Wildman–Crippen MR) is 54.1 cm³/mol. The van der Waals surface area contributed by atoms with Crippen molar-refractivity contribution in [3.8, 4) is 0 Å². The largest absolute Gasteiger partial charge is 0.481 e. The summed E-state index contributed by atoms with van der Waals surface area (Å²) in [7, 11) is 0. The van der Waals surface area contributed by atoms with Gasteiger partial charge in [-0.2, -0.15) is 0 Å². The number of nitrogens with two attached hydrogens (primary N) is 1. The van der Waals surface area contributed by atoms with E-state index in [-0.39, 0.29) is 12.5 Å². The van der Waals surface area contributed by atoms with E-state index in [1.54, 1.807) is 0 Å². The average Bonchev–Trinajstić information content (AvgIpc) is 2.16. The van der Waals surface area contributed by atoms with Gasteiger partial charge in [0.25, 0.3) is 0 Å². The van der Waals surface area contributed by atoms with Crippen molar-refractivity contribution in [1.29, 1.82) is 0 Å². The lowest BCUT2D eigenvalue weighted by molar-refractivity contribution is -0.137. The highest BCUT2D eigenvalue weighted by Gasteiger charge is 2.20. The van der Waals surface area contributed by atoms with Crippen LogP contribution in [-0.2, 0) is 4.79 Å². The van der Waals surface area contributed by atoms with Crippen LogP contribution in [0, 0.1) is 0 Å². The van der Waals surface area contributed by atoms with E-state index in [1.165, 1.54) is 0 Å². The first-order valence-corrected chi connectivity index (χ1v) is 5.11. The van der Waals surface area contributed by atoms with Crippen LogP contribution in [0.25, 0.3) is 0 Å². The van der Waals surface area contributed by atoms with Crippen molar-refractivity contribution in [3.63, 3.8) is 0 Å². The summed E-state index contributed by atoms with van der Waals surface area (Å²) in [5.41, 5.74) is 5.41. The van der Waals surface area contributed by atoms with E-state index in [0.29, 0.717) is 6.04 Å². The van der Waals surface area contributed by atoms with Gasteiger partial charge in [-0.15, -0.1) is 0 Å². The van der Waals surface area contributed by atoms with Crippen molar-refractivity contribution in [2.75, 3.05) is 19.6 Å². The molecule has 0 spiro atoms. The third-order valence-electron chi connectivity index (χ3n) is 2.48. The molecule has 2 atom stereocenters. The van der Waals surface area contributed by atoms with Crippen molar-refractivity contribution in [2.45, 2.75) is 31.3 Å². The summed E-state index contributed by atoms with van der Waals surface area (Å²) in [5, 5.41) is 15.1. The monoisotopic (exact) mass is 201 g/mol. The number of carbonyl (C=O) groups is 1. The lowest BCUT2D eigenvalue weighted by Crippen LogP contribution is -2.54. The Labute approximate surface area is 84.0 Å². The smallest absolute Gasteiger partial charge is 0.304 e. The highest BCUT2D eigenvalue weighted by molar-refractivity contribution is 5.67. The number of aliphatic carboxylic acids is 1. The van der Waals surface area contributed by atoms with Crippen molar-refractivity contribution >= 4 is 5.97 Å². The molecule has 1 fully saturated rings. The second kappa shape index (κ2) is 5.95. The van der Waals surface area contributed by atoms with Gasteiger partial charge in [-0.25, -0.2) is 0 Å². The molecule has 82 valence electrons. The van der Waals surface area contributed by atoms with E-state index in [9.17, 15) is 4.79 Å². The zero-order valence-electron chi connectivity index (χ0n) is 8.33. The molecule has 5 N–H and O–H groups in total. The van der Waals surface area contributed by atoms with E-state index in [1.807, 2.05) is 0 Å². The first-order valence-electron chi connectivity index (χ1n) is 5.11. The molecule has 0 radical (unpaired) electrons. The van der Waals surface area contributed by atoms with Crippen molar-refractivity contribution in [2.24, 2.45) is 5.73 Å². The molecule has 0 aliphatic carbocycles.